The number of nitrogens with zero attached hydrogens (tertiary/aromatic N) is 2. The number of anilines is 1. The van der Waals surface area contributed by atoms with E-state index in [0.29, 0.717) is 23.1 Å². The van der Waals surface area contributed by atoms with Crippen molar-refractivity contribution >= 4 is 29.2 Å². The van der Waals surface area contributed by atoms with E-state index in [1.807, 2.05) is 6.07 Å². The lowest BCUT2D eigenvalue weighted by molar-refractivity contribution is -0.138. The van der Waals surface area contributed by atoms with E-state index >= 15 is 0 Å². The van der Waals surface area contributed by atoms with Crippen LogP contribution >= 0.6 is 11.6 Å². The lowest BCUT2D eigenvalue weighted by Crippen LogP contribution is -2.16. The second kappa shape index (κ2) is 10.7. The van der Waals surface area contributed by atoms with Crippen LogP contribution in [0.1, 0.15) is 53.9 Å². The van der Waals surface area contributed by atoms with Crippen molar-refractivity contribution in [3.05, 3.63) is 71.0 Å². The number of ether oxygens (including phenoxy) is 1. The molecule has 0 aliphatic heterocycles. The molecule has 0 spiro atoms. The fraction of sp³-hybridized carbons (Fsp3) is 0.308. The van der Waals surface area contributed by atoms with Crippen molar-refractivity contribution in [1.82, 2.24) is 9.97 Å². The number of pyridine rings is 2. The molecule has 1 aliphatic carbocycles. The Morgan fingerprint density at radius 1 is 1.06 bits per heavy atom. The number of halogens is 1. The van der Waals surface area contributed by atoms with Crippen LogP contribution in [0.2, 0.25) is 5.02 Å². The molecular weight excluding hydrogens is 454 g/mol. The van der Waals surface area contributed by atoms with Crippen LogP contribution in [-0.4, -0.2) is 34.1 Å². The van der Waals surface area contributed by atoms with Crippen LogP contribution in [0.5, 0.6) is 5.88 Å². The molecule has 7 nitrogen and oxygen atoms in total. The molecule has 1 amide bonds. The van der Waals surface area contributed by atoms with Gasteiger partial charge < -0.3 is 15.2 Å². The third-order valence-corrected chi connectivity index (χ3v) is 6.54. The number of hydrogen-bond acceptors (Lipinski definition) is 5. The molecule has 0 radical (unpaired) electrons. The third-order valence-electron chi connectivity index (χ3n) is 6.27. The SMILES string of the molecule is COc1ncc(C(=O)Nc2ccc(-c3ccc(C4CCC(CC(=O)O)CC4)cc3)nc2)cc1Cl. The number of rotatable bonds is 7. The molecule has 176 valence electrons. The van der Waals surface area contributed by atoms with E-state index in [-0.39, 0.29) is 23.2 Å². The quantitative estimate of drug-likeness (QED) is 0.443. The first-order valence-corrected chi connectivity index (χ1v) is 11.6. The van der Waals surface area contributed by atoms with Crippen molar-refractivity contribution in [3.63, 3.8) is 0 Å². The van der Waals surface area contributed by atoms with Crippen LogP contribution in [0.3, 0.4) is 0 Å². The van der Waals surface area contributed by atoms with E-state index in [2.05, 4.69) is 39.6 Å². The first kappa shape index (κ1) is 23.7. The number of aromatic nitrogens is 2. The molecule has 0 bridgehead atoms. The molecule has 4 rings (SSSR count). The van der Waals surface area contributed by atoms with Gasteiger partial charge in [0.25, 0.3) is 5.91 Å². The molecule has 2 aromatic heterocycles. The van der Waals surface area contributed by atoms with Crippen LogP contribution in [0.4, 0.5) is 5.69 Å². The van der Waals surface area contributed by atoms with Gasteiger partial charge in [-0.25, -0.2) is 4.98 Å². The highest BCUT2D eigenvalue weighted by atomic mass is 35.5. The zero-order valence-corrected chi connectivity index (χ0v) is 19.6. The molecule has 3 aromatic rings. The summed E-state index contributed by atoms with van der Waals surface area (Å²) in [5.74, 6) is 0.00275. The number of hydrogen-bond donors (Lipinski definition) is 2. The van der Waals surface area contributed by atoms with Crippen LogP contribution in [0.15, 0.2) is 54.9 Å². The van der Waals surface area contributed by atoms with E-state index in [4.69, 9.17) is 21.4 Å². The molecule has 1 aliphatic rings. The molecule has 2 heterocycles. The zero-order chi connectivity index (χ0) is 24.1. The van der Waals surface area contributed by atoms with Crippen molar-refractivity contribution in [2.45, 2.75) is 38.0 Å². The largest absolute Gasteiger partial charge is 0.481 e. The minimum Gasteiger partial charge on any atom is -0.481 e. The van der Waals surface area contributed by atoms with Crippen LogP contribution in [-0.2, 0) is 4.79 Å². The van der Waals surface area contributed by atoms with E-state index in [9.17, 15) is 9.59 Å². The van der Waals surface area contributed by atoms with E-state index in [1.54, 1.807) is 12.3 Å². The van der Waals surface area contributed by atoms with E-state index in [1.165, 1.54) is 24.9 Å². The number of aliphatic carboxylic acids is 1. The summed E-state index contributed by atoms with van der Waals surface area (Å²) >= 11 is 6.05. The van der Waals surface area contributed by atoms with Crippen LogP contribution < -0.4 is 10.1 Å². The van der Waals surface area contributed by atoms with Crippen molar-refractivity contribution in [1.29, 1.82) is 0 Å². The van der Waals surface area contributed by atoms with Gasteiger partial charge >= 0.3 is 5.97 Å². The summed E-state index contributed by atoms with van der Waals surface area (Å²) in [5, 5.41) is 12.0. The second-order valence-corrected chi connectivity index (χ2v) is 8.95. The number of amides is 1. The van der Waals surface area contributed by atoms with Crippen molar-refractivity contribution < 1.29 is 19.4 Å². The van der Waals surface area contributed by atoms with Crippen molar-refractivity contribution in [2.75, 3.05) is 12.4 Å². The molecule has 1 aromatic carbocycles. The smallest absolute Gasteiger partial charge is 0.303 e. The Bertz CT molecular complexity index is 1160. The molecule has 34 heavy (non-hydrogen) atoms. The second-order valence-electron chi connectivity index (χ2n) is 8.54. The summed E-state index contributed by atoms with van der Waals surface area (Å²) in [7, 11) is 1.46. The summed E-state index contributed by atoms with van der Waals surface area (Å²) in [5.41, 5.74) is 3.97. The van der Waals surface area contributed by atoms with Gasteiger partial charge in [-0.1, -0.05) is 35.9 Å². The van der Waals surface area contributed by atoms with Crippen molar-refractivity contribution in [2.24, 2.45) is 5.92 Å². The Hall–Kier alpha value is -3.45. The number of benzene rings is 1. The first-order valence-electron chi connectivity index (χ1n) is 11.2. The number of carboxylic acid groups (broad SMARTS) is 1. The fourth-order valence-corrected chi connectivity index (χ4v) is 4.66. The molecule has 2 N–H and O–H groups in total. The molecule has 1 saturated carbocycles. The molecule has 0 atom stereocenters. The molecule has 1 fully saturated rings. The van der Waals surface area contributed by atoms with Gasteiger partial charge in [-0.15, -0.1) is 0 Å². The van der Waals surface area contributed by atoms with Gasteiger partial charge in [0.2, 0.25) is 5.88 Å². The van der Waals surface area contributed by atoms with E-state index in [0.717, 1.165) is 36.9 Å². The average Bonchev–Trinajstić information content (AvgIpc) is 2.85. The lowest BCUT2D eigenvalue weighted by Gasteiger charge is -2.28. The summed E-state index contributed by atoms with van der Waals surface area (Å²) in [4.78, 5) is 31.9. The average molecular weight is 480 g/mol. The van der Waals surface area contributed by atoms with Gasteiger partial charge in [-0.05, 0) is 61.3 Å². The Balaban J connectivity index is 1.36. The molecular formula is C26H26ClN3O4. The lowest BCUT2D eigenvalue weighted by atomic mass is 9.77. The zero-order valence-electron chi connectivity index (χ0n) is 18.8. The number of carboxylic acids is 1. The Morgan fingerprint density at radius 3 is 2.38 bits per heavy atom. The predicted octanol–water partition coefficient (Wildman–Crippen LogP) is 5.81. The monoisotopic (exact) mass is 479 g/mol. The van der Waals surface area contributed by atoms with Gasteiger partial charge in [0, 0.05) is 18.2 Å². The molecule has 0 unspecified atom stereocenters. The topological polar surface area (TPSA) is 101 Å². The highest BCUT2D eigenvalue weighted by Gasteiger charge is 2.24. The predicted molar refractivity (Wildman–Crippen MR) is 130 cm³/mol. The molecule has 8 heteroatoms. The maximum absolute atomic E-state index is 12.5. The van der Waals surface area contributed by atoms with Crippen LogP contribution in [0.25, 0.3) is 11.3 Å². The van der Waals surface area contributed by atoms with Gasteiger partial charge in [-0.3, -0.25) is 14.6 Å². The normalized spacial score (nSPS) is 17.7. The summed E-state index contributed by atoms with van der Waals surface area (Å²) in [6, 6.07) is 13.6. The Labute approximate surface area is 203 Å². The molecule has 0 saturated heterocycles. The van der Waals surface area contributed by atoms with Crippen molar-refractivity contribution in [3.8, 4) is 17.1 Å². The number of methoxy groups -OCH3 is 1. The summed E-state index contributed by atoms with van der Waals surface area (Å²) < 4.78 is 5.01. The highest BCUT2D eigenvalue weighted by Crippen LogP contribution is 2.37. The summed E-state index contributed by atoms with van der Waals surface area (Å²) in [6.07, 6.45) is 7.28. The highest BCUT2D eigenvalue weighted by molar-refractivity contribution is 6.32. The van der Waals surface area contributed by atoms with E-state index < -0.39 is 5.97 Å². The maximum atomic E-state index is 12.5. The summed E-state index contributed by atoms with van der Waals surface area (Å²) in [6.45, 7) is 0. The first-order chi connectivity index (χ1) is 16.4. The Morgan fingerprint density at radius 2 is 1.79 bits per heavy atom. The van der Waals surface area contributed by atoms with Gasteiger partial charge in [0.1, 0.15) is 5.02 Å². The third kappa shape index (κ3) is 5.72. The minimum absolute atomic E-state index is 0.264. The number of carbonyl (C=O) groups excluding carboxylic acids is 1. The fourth-order valence-electron chi connectivity index (χ4n) is 4.41. The van der Waals surface area contributed by atoms with Crippen LogP contribution in [0, 0.1) is 5.92 Å². The number of carbonyl (C=O) groups is 2. The number of nitrogens with one attached hydrogen (secondary N) is 1. The minimum atomic E-state index is -0.701. The van der Waals surface area contributed by atoms with Gasteiger partial charge in [0.05, 0.1) is 30.3 Å². The standard InChI is InChI=1S/C26H26ClN3O4/c1-34-26-22(27)13-20(14-29-26)25(33)30-21-10-11-23(28-15-21)19-8-6-18(7-9-19)17-4-2-16(3-5-17)12-24(31)32/h6-11,13-17H,2-5,12H2,1H3,(H,30,33)(H,31,32). The maximum Gasteiger partial charge on any atom is 0.303 e. The Kier molecular flexibility index (Phi) is 7.43. The van der Waals surface area contributed by atoms with Gasteiger partial charge in [-0.2, -0.15) is 0 Å². The van der Waals surface area contributed by atoms with Gasteiger partial charge in [0.15, 0.2) is 0 Å².